The molecule has 3 heteroatoms. The Labute approximate surface area is 98.8 Å². The highest BCUT2D eigenvalue weighted by Crippen LogP contribution is 2.42. The summed E-state index contributed by atoms with van der Waals surface area (Å²) in [5.74, 6) is -0.0341. The van der Waals surface area contributed by atoms with Crippen LogP contribution >= 0.6 is 0 Å². The first-order valence-electron chi connectivity index (χ1n) is 5.80. The summed E-state index contributed by atoms with van der Waals surface area (Å²) in [5.41, 5.74) is 4.21. The standard InChI is InChI=1S/C13H25NO2/c1-8(2)10(15)12(4,5)13(6,7)11(16)9(3)14/h8-9H,14H2,1-7H3. The number of ketones is 2. The molecule has 0 saturated heterocycles. The molecule has 0 aliphatic heterocycles. The highest BCUT2D eigenvalue weighted by atomic mass is 16.1. The molecule has 3 nitrogen and oxygen atoms in total. The molecule has 0 aromatic rings. The maximum atomic E-state index is 12.1. The number of Topliss-reactive ketones (excluding diaryl/α,β-unsaturated/α-hetero) is 2. The lowest BCUT2D eigenvalue weighted by molar-refractivity contribution is -0.146. The molecule has 0 radical (unpaired) electrons. The second-order valence-electron chi connectivity index (χ2n) is 5.92. The summed E-state index contributed by atoms with van der Waals surface area (Å²) in [7, 11) is 0. The van der Waals surface area contributed by atoms with E-state index in [9.17, 15) is 9.59 Å². The number of rotatable bonds is 5. The van der Waals surface area contributed by atoms with Crippen LogP contribution in [-0.2, 0) is 9.59 Å². The first kappa shape index (κ1) is 15.3. The molecule has 94 valence electrons. The maximum absolute atomic E-state index is 12.1. The van der Waals surface area contributed by atoms with E-state index in [1.165, 1.54) is 0 Å². The zero-order valence-electron chi connectivity index (χ0n) is 11.5. The van der Waals surface area contributed by atoms with E-state index in [4.69, 9.17) is 5.73 Å². The number of nitrogens with two attached hydrogens (primary N) is 1. The van der Waals surface area contributed by atoms with Gasteiger partial charge in [-0.05, 0) is 6.92 Å². The molecule has 0 aromatic carbocycles. The van der Waals surface area contributed by atoms with Crippen LogP contribution in [0, 0.1) is 16.7 Å². The number of hydrogen-bond donors (Lipinski definition) is 1. The molecular formula is C13H25NO2. The Kier molecular flexibility index (Phi) is 4.46. The molecule has 2 N–H and O–H groups in total. The van der Waals surface area contributed by atoms with Crippen molar-refractivity contribution in [3.63, 3.8) is 0 Å². The minimum Gasteiger partial charge on any atom is -0.322 e. The molecule has 0 amide bonds. The van der Waals surface area contributed by atoms with E-state index in [2.05, 4.69) is 0 Å². The van der Waals surface area contributed by atoms with Gasteiger partial charge in [0.2, 0.25) is 0 Å². The Hall–Kier alpha value is -0.700. The van der Waals surface area contributed by atoms with Gasteiger partial charge in [0.05, 0.1) is 6.04 Å². The van der Waals surface area contributed by atoms with Crippen LogP contribution in [0.5, 0.6) is 0 Å². The van der Waals surface area contributed by atoms with Crippen molar-refractivity contribution in [1.29, 1.82) is 0 Å². The molecule has 0 fully saturated rings. The summed E-state index contributed by atoms with van der Waals surface area (Å²) < 4.78 is 0. The van der Waals surface area contributed by atoms with E-state index in [-0.39, 0.29) is 17.5 Å². The van der Waals surface area contributed by atoms with Crippen LogP contribution in [0.4, 0.5) is 0 Å². The van der Waals surface area contributed by atoms with E-state index in [0.717, 1.165) is 0 Å². The Bertz CT molecular complexity index is 258. The second kappa shape index (κ2) is 4.66. The summed E-state index contributed by atoms with van der Waals surface area (Å²) in [6.45, 7) is 12.6. The van der Waals surface area contributed by atoms with Crippen molar-refractivity contribution in [1.82, 2.24) is 0 Å². The zero-order valence-corrected chi connectivity index (χ0v) is 11.5. The smallest absolute Gasteiger partial charge is 0.155 e. The van der Waals surface area contributed by atoms with E-state index < -0.39 is 16.9 Å². The largest absolute Gasteiger partial charge is 0.322 e. The summed E-state index contributed by atoms with van der Waals surface area (Å²) >= 11 is 0. The molecule has 0 aliphatic rings. The van der Waals surface area contributed by atoms with Crippen molar-refractivity contribution >= 4 is 11.6 Å². The predicted molar refractivity (Wildman–Crippen MR) is 66.1 cm³/mol. The normalized spacial score (nSPS) is 15.1. The van der Waals surface area contributed by atoms with Crippen LogP contribution in [0.15, 0.2) is 0 Å². The van der Waals surface area contributed by atoms with Gasteiger partial charge in [-0.3, -0.25) is 9.59 Å². The van der Waals surface area contributed by atoms with Crippen molar-refractivity contribution in [3.8, 4) is 0 Å². The van der Waals surface area contributed by atoms with E-state index >= 15 is 0 Å². The first-order valence-corrected chi connectivity index (χ1v) is 5.80. The molecule has 0 bridgehead atoms. The van der Waals surface area contributed by atoms with Crippen LogP contribution in [0.25, 0.3) is 0 Å². The lowest BCUT2D eigenvalue weighted by atomic mass is 9.60. The Balaban J connectivity index is 5.29. The summed E-state index contributed by atoms with van der Waals surface area (Å²) in [6, 6.07) is -0.533. The molecule has 0 aromatic heterocycles. The van der Waals surface area contributed by atoms with Gasteiger partial charge < -0.3 is 5.73 Å². The SMILES string of the molecule is CC(C)C(=O)C(C)(C)C(C)(C)C(=O)C(C)N. The van der Waals surface area contributed by atoms with Gasteiger partial charge in [0, 0.05) is 16.7 Å². The van der Waals surface area contributed by atoms with E-state index in [0.29, 0.717) is 0 Å². The summed E-state index contributed by atoms with van der Waals surface area (Å²) in [4.78, 5) is 24.2. The maximum Gasteiger partial charge on any atom is 0.155 e. The van der Waals surface area contributed by atoms with Crippen LogP contribution in [-0.4, -0.2) is 17.6 Å². The lowest BCUT2D eigenvalue weighted by Crippen LogP contribution is -2.51. The zero-order chi connectivity index (χ0) is 13.3. The molecule has 0 spiro atoms. The van der Waals surface area contributed by atoms with Crippen molar-refractivity contribution < 1.29 is 9.59 Å². The number of carbonyl (C=O) groups excluding carboxylic acids is 2. The van der Waals surface area contributed by atoms with Gasteiger partial charge in [0.1, 0.15) is 5.78 Å². The minimum absolute atomic E-state index is 0.0634. The fourth-order valence-corrected chi connectivity index (χ4v) is 1.91. The quantitative estimate of drug-likeness (QED) is 0.783. The average molecular weight is 227 g/mol. The minimum atomic E-state index is -0.734. The predicted octanol–water partition coefficient (Wildman–Crippen LogP) is 2.18. The van der Waals surface area contributed by atoms with Crippen molar-refractivity contribution in [2.75, 3.05) is 0 Å². The molecule has 1 atom stereocenters. The van der Waals surface area contributed by atoms with Gasteiger partial charge in [0.25, 0.3) is 0 Å². The van der Waals surface area contributed by atoms with Gasteiger partial charge in [0.15, 0.2) is 5.78 Å². The highest BCUT2D eigenvalue weighted by Gasteiger charge is 2.48. The molecule has 0 heterocycles. The third-order valence-corrected chi connectivity index (χ3v) is 3.73. The Morgan fingerprint density at radius 1 is 0.875 bits per heavy atom. The monoisotopic (exact) mass is 227 g/mol. The molecule has 16 heavy (non-hydrogen) atoms. The third-order valence-electron chi connectivity index (χ3n) is 3.73. The van der Waals surface area contributed by atoms with Gasteiger partial charge >= 0.3 is 0 Å². The summed E-state index contributed by atoms with van der Waals surface area (Å²) in [6.07, 6.45) is 0. The molecular weight excluding hydrogens is 202 g/mol. The average Bonchev–Trinajstić information content (AvgIpc) is 2.14. The van der Waals surface area contributed by atoms with Crippen molar-refractivity contribution in [2.24, 2.45) is 22.5 Å². The van der Waals surface area contributed by atoms with E-state index in [1.54, 1.807) is 20.8 Å². The van der Waals surface area contributed by atoms with Crippen LogP contribution in [0.3, 0.4) is 0 Å². The third kappa shape index (κ3) is 2.51. The van der Waals surface area contributed by atoms with Crippen molar-refractivity contribution in [3.05, 3.63) is 0 Å². The number of hydrogen-bond acceptors (Lipinski definition) is 3. The van der Waals surface area contributed by atoms with E-state index in [1.807, 2.05) is 27.7 Å². The Morgan fingerprint density at radius 2 is 1.19 bits per heavy atom. The van der Waals surface area contributed by atoms with Gasteiger partial charge in [-0.15, -0.1) is 0 Å². The Morgan fingerprint density at radius 3 is 1.44 bits per heavy atom. The fourth-order valence-electron chi connectivity index (χ4n) is 1.91. The molecule has 0 rings (SSSR count). The lowest BCUT2D eigenvalue weighted by Gasteiger charge is -2.41. The summed E-state index contributed by atoms with van der Waals surface area (Å²) in [5, 5.41) is 0. The van der Waals surface area contributed by atoms with Gasteiger partial charge in [-0.1, -0.05) is 41.5 Å². The van der Waals surface area contributed by atoms with Crippen LogP contribution < -0.4 is 5.73 Å². The fraction of sp³-hybridized carbons (Fsp3) is 0.846. The van der Waals surface area contributed by atoms with Crippen LogP contribution in [0.1, 0.15) is 48.5 Å². The molecule has 0 saturated carbocycles. The topological polar surface area (TPSA) is 60.2 Å². The first-order chi connectivity index (χ1) is 6.96. The molecule has 1 unspecified atom stereocenters. The number of carbonyl (C=O) groups is 2. The second-order valence-corrected chi connectivity index (χ2v) is 5.92. The van der Waals surface area contributed by atoms with Crippen LogP contribution in [0.2, 0.25) is 0 Å². The van der Waals surface area contributed by atoms with Crippen molar-refractivity contribution in [2.45, 2.75) is 54.5 Å². The van der Waals surface area contributed by atoms with Gasteiger partial charge in [-0.2, -0.15) is 0 Å². The van der Waals surface area contributed by atoms with Gasteiger partial charge in [-0.25, -0.2) is 0 Å². The highest BCUT2D eigenvalue weighted by molar-refractivity contribution is 5.97. The molecule has 0 aliphatic carbocycles.